The Labute approximate surface area is 220 Å². The van der Waals surface area contributed by atoms with Crippen molar-refractivity contribution in [2.45, 2.75) is 43.6 Å². The first-order valence-corrected chi connectivity index (χ1v) is 14.5. The summed E-state index contributed by atoms with van der Waals surface area (Å²) in [6.07, 6.45) is 3.35. The van der Waals surface area contributed by atoms with Crippen molar-refractivity contribution in [2.24, 2.45) is 0 Å². The summed E-state index contributed by atoms with van der Waals surface area (Å²) in [7, 11) is -0.494. The van der Waals surface area contributed by atoms with Crippen molar-refractivity contribution in [3.05, 3.63) is 47.0 Å². The zero-order chi connectivity index (χ0) is 25.9. The molecular weight excluding hydrogens is 522 g/mol. The van der Waals surface area contributed by atoms with Gasteiger partial charge in [0.2, 0.25) is 10.0 Å². The smallest absolute Gasteiger partial charge is 0.260 e. The molecule has 1 aliphatic rings. The van der Waals surface area contributed by atoms with Gasteiger partial charge in [-0.2, -0.15) is 0 Å². The molecule has 8 nitrogen and oxygen atoms in total. The summed E-state index contributed by atoms with van der Waals surface area (Å²) >= 11 is 7.72. The molecule has 0 spiro atoms. The summed E-state index contributed by atoms with van der Waals surface area (Å²) in [6.45, 7) is 3.44. The highest BCUT2D eigenvalue weighted by molar-refractivity contribution is 7.89. The maximum atomic E-state index is 13.7. The molecule has 1 fully saturated rings. The first kappa shape index (κ1) is 26.8. The molecule has 0 aliphatic carbocycles. The number of ether oxygens (including phenoxy) is 2. The van der Waals surface area contributed by atoms with Crippen LogP contribution in [0, 0.1) is 0 Å². The zero-order valence-corrected chi connectivity index (χ0v) is 23.0. The first-order valence-electron chi connectivity index (χ1n) is 11.9. The van der Waals surface area contributed by atoms with Crippen LogP contribution in [0.5, 0.6) is 5.75 Å². The predicted octanol–water partition coefficient (Wildman–Crippen LogP) is 5.20. The van der Waals surface area contributed by atoms with Gasteiger partial charge in [-0.3, -0.25) is 9.69 Å². The molecule has 36 heavy (non-hydrogen) atoms. The minimum absolute atomic E-state index is 0.106. The van der Waals surface area contributed by atoms with Crippen molar-refractivity contribution in [2.75, 3.05) is 38.8 Å². The van der Waals surface area contributed by atoms with Gasteiger partial charge in [-0.25, -0.2) is 17.7 Å². The third-order valence-corrected chi connectivity index (χ3v) is 9.60. The van der Waals surface area contributed by atoms with Gasteiger partial charge in [-0.1, -0.05) is 36.3 Å². The number of hydrogen-bond donors (Lipinski definition) is 0. The number of carbonyl (C=O) groups excluding carboxylic acids is 1. The lowest BCUT2D eigenvalue weighted by Crippen LogP contribution is -2.37. The molecule has 2 aromatic carbocycles. The Kier molecular flexibility index (Phi) is 8.52. The minimum Gasteiger partial charge on any atom is -0.494 e. The van der Waals surface area contributed by atoms with Crippen molar-refractivity contribution < 1.29 is 22.7 Å². The summed E-state index contributed by atoms with van der Waals surface area (Å²) in [4.78, 5) is 20.1. The van der Waals surface area contributed by atoms with E-state index in [4.69, 9.17) is 26.1 Å². The molecule has 2 heterocycles. The van der Waals surface area contributed by atoms with Crippen LogP contribution in [-0.2, 0) is 14.8 Å². The molecule has 1 saturated heterocycles. The number of benzene rings is 2. The summed E-state index contributed by atoms with van der Waals surface area (Å²) in [5.41, 5.74) is 0.951. The number of anilines is 1. The van der Waals surface area contributed by atoms with Crippen molar-refractivity contribution in [3.8, 4) is 5.75 Å². The maximum absolute atomic E-state index is 13.7. The van der Waals surface area contributed by atoms with Crippen LogP contribution in [0.4, 0.5) is 5.13 Å². The fraction of sp³-hybridized carbons (Fsp3) is 0.440. The van der Waals surface area contributed by atoms with Gasteiger partial charge in [0.25, 0.3) is 5.91 Å². The van der Waals surface area contributed by atoms with Crippen molar-refractivity contribution in [1.29, 1.82) is 0 Å². The van der Waals surface area contributed by atoms with E-state index in [1.807, 2.05) is 6.92 Å². The summed E-state index contributed by atoms with van der Waals surface area (Å²) < 4.78 is 39.1. The van der Waals surface area contributed by atoms with Crippen molar-refractivity contribution in [1.82, 2.24) is 9.29 Å². The molecule has 0 bridgehead atoms. The van der Waals surface area contributed by atoms with E-state index in [1.54, 1.807) is 43.3 Å². The van der Waals surface area contributed by atoms with E-state index in [0.717, 1.165) is 30.4 Å². The molecule has 3 aromatic rings. The Morgan fingerprint density at radius 1 is 1.25 bits per heavy atom. The second kappa shape index (κ2) is 11.4. The monoisotopic (exact) mass is 551 g/mol. The number of hydrogen-bond acceptors (Lipinski definition) is 7. The lowest BCUT2D eigenvalue weighted by molar-refractivity contribution is 0.0917. The van der Waals surface area contributed by atoms with E-state index in [-0.39, 0.29) is 16.9 Å². The summed E-state index contributed by atoms with van der Waals surface area (Å²) in [6, 6.07) is 9.55. The van der Waals surface area contributed by atoms with E-state index in [2.05, 4.69) is 0 Å². The van der Waals surface area contributed by atoms with Gasteiger partial charge in [0.1, 0.15) is 11.3 Å². The maximum Gasteiger partial charge on any atom is 0.260 e. The van der Waals surface area contributed by atoms with Crippen molar-refractivity contribution >= 4 is 54.2 Å². The molecule has 1 aliphatic heterocycles. The number of carbonyl (C=O) groups is 1. The van der Waals surface area contributed by atoms with Gasteiger partial charge < -0.3 is 9.47 Å². The van der Waals surface area contributed by atoms with E-state index >= 15 is 0 Å². The molecule has 1 amide bonds. The number of unbranched alkanes of at least 4 members (excludes halogenated alkanes) is 1. The van der Waals surface area contributed by atoms with Gasteiger partial charge in [0, 0.05) is 25.8 Å². The van der Waals surface area contributed by atoms with Crippen LogP contribution in [0.2, 0.25) is 5.02 Å². The molecule has 1 aromatic heterocycles. The molecule has 1 atom stereocenters. The Bertz CT molecular complexity index is 1320. The number of fused-ring (bicyclic) bond motifs is 1. The van der Waals surface area contributed by atoms with Crippen LogP contribution in [0.1, 0.15) is 43.0 Å². The SMILES string of the molecule is CCCCN(C)S(=O)(=O)c1ccc(C(=O)N(CC2CCCO2)c2nc3c(OC)ccc(Cl)c3s2)cc1. The topological polar surface area (TPSA) is 89.0 Å². The number of thiazole rings is 1. The highest BCUT2D eigenvalue weighted by atomic mass is 35.5. The molecule has 0 saturated carbocycles. The standard InChI is InChI=1S/C25H30ClN3O5S2/c1-4-5-14-28(2)36(31,32)19-10-8-17(9-11-19)24(30)29(16-18-7-6-15-34-18)25-27-22-21(33-3)13-12-20(26)23(22)35-25/h8-13,18H,4-7,14-16H2,1-3H3. The van der Waals surface area contributed by atoms with Crippen LogP contribution < -0.4 is 9.64 Å². The van der Waals surface area contributed by atoms with Crippen LogP contribution in [-0.4, -0.2) is 63.6 Å². The quantitative estimate of drug-likeness (QED) is 0.344. The second-order valence-corrected chi connectivity index (χ2v) is 12.1. The van der Waals surface area contributed by atoms with Crippen LogP contribution in [0.3, 0.4) is 0 Å². The van der Waals surface area contributed by atoms with E-state index in [0.29, 0.717) is 46.7 Å². The minimum atomic E-state index is -3.62. The third kappa shape index (κ3) is 5.52. The predicted molar refractivity (Wildman–Crippen MR) is 143 cm³/mol. The van der Waals surface area contributed by atoms with Crippen LogP contribution in [0.25, 0.3) is 10.2 Å². The molecular formula is C25H30ClN3O5S2. The molecule has 1 unspecified atom stereocenters. The lowest BCUT2D eigenvalue weighted by Gasteiger charge is -2.23. The van der Waals surface area contributed by atoms with E-state index in [1.165, 1.54) is 27.8 Å². The van der Waals surface area contributed by atoms with E-state index in [9.17, 15) is 13.2 Å². The molecule has 11 heteroatoms. The molecule has 4 rings (SSSR count). The summed E-state index contributed by atoms with van der Waals surface area (Å²) in [5, 5.41) is 1.01. The largest absolute Gasteiger partial charge is 0.494 e. The number of amides is 1. The second-order valence-electron chi connectivity index (χ2n) is 8.68. The number of rotatable bonds is 10. The normalized spacial score (nSPS) is 16.1. The highest BCUT2D eigenvalue weighted by Gasteiger charge is 2.29. The molecule has 0 radical (unpaired) electrons. The Hall–Kier alpha value is -2.24. The van der Waals surface area contributed by atoms with Gasteiger partial charge >= 0.3 is 0 Å². The average molecular weight is 552 g/mol. The lowest BCUT2D eigenvalue weighted by atomic mass is 10.2. The average Bonchev–Trinajstić information content (AvgIpc) is 3.56. The Morgan fingerprint density at radius 2 is 2.00 bits per heavy atom. The first-order chi connectivity index (χ1) is 17.3. The van der Waals surface area contributed by atoms with Gasteiger partial charge in [-0.15, -0.1) is 0 Å². The fourth-order valence-corrected chi connectivity index (χ4v) is 6.54. The Morgan fingerprint density at radius 3 is 2.64 bits per heavy atom. The van der Waals surface area contributed by atoms with Gasteiger partial charge in [0.15, 0.2) is 5.13 Å². The number of nitrogens with zero attached hydrogens (tertiary/aromatic N) is 3. The van der Waals surface area contributed by atoms with Crippen LogP contribution >= 0.6 is 22.9 Å². The van der Waals surface area contributed by atoms with Crippen molar-refractivity contribution in [3.63, 3.8) is 0 Å². The summed E-state index contributed by atoms with van der Waals surface area (Å²) in [5.74, 6) is 0.283. The van der Waals surface area contributed by atoms with Crippen LogP contribution in [0.15, 0.2) is 41.3 Å². The fourth-order valence-electron chi connectivity index (χ4n) is 4.07. The van der Waals surface area contributed by atoms with Gasteiger partial charge in [-0.05, 0) is 55.7 Å². The zero-order valence-electron chi connectivity index (χ0n) is 20.6. The molecule has 0 N–H and O–H groups in total. The molecule has 194 valence electrons. The van der Waals surface area contributed by atoms with E-state index < -0.39 is 10.0 Å². The number of halogens is 1. The number of aromatic nitrogens is 1. The Balaban J connectivity index is 1.66. The third-order valence-electron chi connectivity index (χ3n) is 6.19. The number of sulfonamides is 1. The number of methoxy groups -OCH3 is 1. The highest BCUT2D eigenvalue weighted by Crippen LogP contribution is 2.39. The van der Waals surface area contributed by atoms with Gasteiger partial charge in [0.05, 0.1) is 34.4 Å².